The van der Waals surface area contributed by atoms with Gasteiger partial charge in [-0.2, -0.15) is 0 Å². The number of nitrogens with one attached hydrogen (secondary N) is 1. The summed E-state index contributed by atoms with van der Waals surface area (Å²) in [4.78, 5) is 24.0. The van der Waals surface area contributed by atoms with Gasteiger partial charge in [0.1, 0.15) is 17.1 Å². The molecule has 1 atom stereocenters. The van der Waals surface area contributed by atoms with Crippen LogP contribution in [-0.4, -0.2) is 45.9 Å². The van der Waals surface area contributed by atoms with Crippen molar-refractivity contribution in [2.24, 2.45) is 0 Å². The number of furan rings is 1. The highest BCUT2D eigenvalue weighted by atomic mass is 16.6. The van der Waals surface area contributed by atoms with Crippen molar-refractivity contribution in [2.75, 3.05) is 35.0 Å². The molecule has 1 unspecified atom stereocenters. The Morgan fingerprint density at radius 3 is 2.34 bits per heavy atom. The van der Waals surface area contributed by atoms with Crippen LogP contribution in [0, 0.1) is 17.0 Å². The monoisotopic (exact) mass is 408 g/mol. The summed E-state index contributed by atoms with van der Waals surface area (Å²) in [5, 5.41) is 14.5. The Kier molecular flexibility index (Phi) is 7.43. The van der Waals surface area contributed by atoms with Crippen molar-refractivity contribution in [3.05, 3.63) is 45.4 Å². The predicted molar refractivity (Wildman–Crippen MR) is 103 cm³/mol. The van der Waals surface area contributed by atoms with Gasteiger partial charge in [0, 0.05) is 19.8 Å². The van der Waals surface area contributed by atoms with Crippen molar-refractivity contribution < 1.29 is 33.1 Å². The number of hydrogen-bond donors (Lipinski definition) is 1. The first-order valence-electron chi connectivity index (χ1n) is 8.71. The molecule has 0 aliphatic rings. The molecule has 158 valence electrons. The lowest BCUT2D eigenvalue weighted by Crippen LogP contribution is -2.30. The zero-order valence-corrected chi connectivity index (χ0v) is 16.9. The molecule has 1 aromatic heterocycles. The van der Waals surface area contributed by atoms with Crippen LogP contribution < -0.4 is 19.5 Å². The van der Waals surface area contributed by atoms with Crippen LogP contribution in [0.1, 0.15) is 34.3 Å². The molecule has 0 aliphatic heterocycles. The summed E-state index contributed by atoms with van der Waals surface area (Å²) in [6, 6.07) is 4.20. The zero-order valence-electron chi connectivity index (χ0n) is 16.9. The average Bonchev–Trinajstić information content (AvgIpc) is 3.14. The summed E-state index contributed by atoms with van der Waals surface area (Å²) in [6.45, 7) is 2.13. The lowest BCUT2D eigenvalue weighted by molar-refractivity contribution is -0.386. The largest absolute Gasteiger partial charge is 0.493 e. The number of aryl methyl sites for hydroxylation is 1. The molecule has 1 amide bonds. The molecule has 10 heteroatoms. The van der Waals surface area contributed by atoms with E-state index < -0.39 is 22.6 Å². The fourth-order valence-electron chi connectivity index (χ4n) is 2.89. The molecule has 2 rings (SSSR count). The van der Waals surface area contributed by atoms with Gasteiger partial charge in [-0.05, 0) is 25.5 Å². The molecular weight excluding hydrogens is 384 g/mol. The van der Waals surface area contributed by atoms with Gasteiger partial charge in [0.05, 0.1) is 32.3 Å². The number of nitro benzene ring substituents is 1. The number of nitrogens with zero attached hydrogens (tertiary/aromatic N) is 1. The number of ether oxygens (including phenoxy) is 4. The topological polar surface area (TPSA) is 122 Å². The smallest absolute Gasteiger partial charge is 0.327 e. The van der Waals surface area contributed by atoms with Crippen LogP contribution in [0.4, 0.5) is 5.69 Å². The molecule has 0 saturated carbocycles. The standard InChI is InChI=1S/C19H24N2O8/c1-11-6-7-14(29-11)13(8-9-25-2)20-19(22)12-10-15(26-3)17(27-4)18(28-5)16(12)21(23)24/h6-7,10,13H,8-9H2,1-5H3,(H,20,22). The highest BCUT2D eigenvalue weighted by Gasteiger charge is 2.33. The second-order valence-electron chi connectivity index (χ2n) is 6.05. The van der Waals surface area contributed by atoms with E-state index in [1.165, 1.54) is 34.5 Å². The van der Waals surface area contributed by atoms with E-state index in [-0.39, 0.29) is 22.8 Å². The van der Waals surface area contributed by atoms with Gasteiger partial charge in [0.15, 0.2) is 5.75 Å². The fourth-order valence-corrected chi connectivity index (χ4v) is 2.89. The summed E-state index contributed by atoms with van der Waals surface area (Å²) >= 11 is 0. The van der Waals surface area contributed by atoms with Gasteiger partial charge < -0.3 is 28.7 Å². The van der Waals surface area contributed by atoms with Gasteiger partial charge in [0.25, 0.3) is 5.91 Å². The molecule has 2 aromatic rings. The third-order valence-corrected chi connectivity index (χ3v) is 4.25. The molecule has 0 spiro atoms. The number of hydrogen-bond acceptors (Lipinski definition) is 8. The maximum absolute atomic E-state index is 13.0. The van der Waals surface area contributed by atoms with E-state index in [2.05, 4.69) is 5.32 Å². The number of methoxy groups -OCH3 is 4. The Labute approximate surface area is 167 Å². The first-order chi connectivity index (χ1) is 13.9. The number of amides is 1. The maximum atomic E-state index is 13.0. The van der Waals surface area contributed by atoms with Gasteiger partial charge in [-0.1, -0.05) is 0 Å². The van der Waals surface area contributed by atoms with Crippen molar-refractivity contribution in [2.45, 2.75) is 19.4 Å². The molecule has 1 N–H and O–H groups in total. The maximum Gasteiger partial charge on any atom is 0.327 e. The fraction of sp³-hybridized carbons (Fsp3) is 0.421. The molecule has 29 heavy (non-hydrogen) atoms. The number of nitro groups is 1. The average molecular weight is 408 g/mol. The Hall–Kier alpha value is -3.27. The van der Waals surface area contributed by atoms with Crippen molar-refractivity contribution in [3.8, 4) is 17.2 Å². The molecular formula is C19H24N2O8. The van der Waals surface area contributed by atoms with Crippen LogP contribution in [0.5, 0.6) is 17.2 Å². The van der Waals surface area contributed by atoms with Gasteiger partial charge in [-0.3, -0.25) is 14.9 Å². The van der Waals surface area contributed by atoms with Crippen LogP contribution in [0.3, 0.4) is 0 Å². The molecule has 0 fully saturated rings. The first kappa shape index (κ1) is 22.0. The first-order valence-corrected chi connectivity index (χ1v) is 8.71. The Bertz CT molecular complexity index is 877. The van der Waals surface area contributed by atoms with E-state index in [0.717, 1.165) is 0 Å². The van der Waals surface area contributed by atoms with Gasteiger partial charge in [-0.25, -0.2) is 0 Å². The molecule has 1 aromatic carbocycles. The summed E-state index contributed by atoms with van der Waals surface area (Å²) < 4.78 is 26.2. The minimum absolute atomic E-state index is 0.0239. The van der Waals surface area contributed by atoms with E-state index in [0.29, 0.717) is 24.5 Å². The highest BCUT2D eigenvalue weighted by molar-refractivity contribution is 6.00. The van der Waals surface area contributed by atoms with Crippen molar-refractivity contribution in [1.29, 1.82) is 0 Å². The minimum atomic E-state index is -0.698. The van der Waals surface area contributed by atoms with E-state index in [1.54, 1.807) is 19.1 Å². The summed E-state index contributed by atoms with van der Waals surface area (Å²) in [5.41, 5.74) is -0.751. The number of benzene rings is 1. The summed E-state index contributed by atoms with van der Waals surface area (Å²) in [6.07, 6.45) is 0.410. The van der Waals surface area contributed by atoms with E-state index >= 15 is 0 Å². The predicted octanol–water partition coefficient (Wildman–Crippen LogP) is 3.03. The SMILES string of the molecule is COCCC(NC(=O)c1cc(OC)c(OC)c(OC)c1[N+](=O)[O-])c1ccc(C)o1. The van der Waals surface area contributed by atoms with E-state index in [4.69, 9.17) is 23.4 Å². The minimum Gasteiger partial charge on any atom is -0.493 e. The second kappa shape index (κ2) is 9.78. The van der Waals surface area contributed by atoms with Crippen molar-refractivity contribution >= 4 is 11.6 Å². The Morgan fingerprint density at radius 2 is 1.86 bits per heavy atom. The third kappa shape index (κ3) is 4.77. The van der Waals surface area contributed by atoms with Crippen LogP contribution in [0.2, 0.25) is 0 Å². The molecule has 10 nitrogen and oxygen atoms in total. The highest BCUT2D eigenvalue weighted by Crippen LogP contribution is 2.46. The number of carbonyl (C=O) groups excluding carboxylic acids is 1. The molecule has 0 aliphatic carbocycles. The lowest BCUT2D eigenvalue weighted by Gasteiger charge is -2.18. The van der Waals surface area contributed by atoms with Crippen LogP contribution in [0.15, 0.2) is 22.6 Å². The quantitative estimate of drug-likeness (QED) is 0.470. The van der Waals surface area contributed by atoms with Crippen molar-refractivity contribution in [1.82, 2.24) is 5.32 Å². The molecule has 0 radical (unpaired) electrons. The second-order valence-corrected chi connectivity index (χ2v) is 6.05. The van der Waals surface area contributed by atoms with Gasteiger partial charge in [-0.15, -0.1) is 0 Å². The van der Waals surface area contributed by atoms with Gasteiger partial charge >= 0.3 is 5.69 Å². The Balaban J connectivity index is 2.50. The lowest BCUT2D eigenvalue weighted by atomic mass is 10.1. The van der Waals surface area contributed by atoms with E-state index in [9.17, 15) is 14.9 Å². The Morgan fingerprint density at radius 1 is 1.17 bits per heavy atom. The number of rotatable bonds is 10. The third-order valence-electron chi connectivity index (χ3n) is 4.25. The van der Waals surface area contributed by atoms with E-state index in [1.807, 2.05) is 0 Å². The van der Waals surface area contributed by atoms with Crippen LogP contribution in [0.25, 0.3) is 0 Å². The normalized spacial score (nSPS) is 11.6. The van der Waals surface area contributed by atoms with Crippen LogP contribution >= 0.6 is 0 Å². The summed E-state index contributed by atoms with van der Waals surface area (Å²) in [7, 11) is 5.47. The van der Waals surface area contributed by atoms with Crippen molar-refractivity contribution in [3.63, 3.8) is 0 Å². The molecule has 0 bridgehead atoms. The number of carbonyl (C=O) groups is 1. The van der Waals surface area contributed by atoms with Gasteiger partial charge in [0.2, 0.25) is 11.5 Å². The molecule has 1 heterocycles. The zero-order chi connectivity index (χ0) is 21.6. The summed E-state index contributed by atoms with van der Waals surface area (Å²) in [5.74, 6) is 0.451. The molecule has 0 saturated heterocycles. The van der Waals surface area contributed by atoms with Crippen LogP contribution in [-0.2, 0) is 4.74 Å².